The van der Waals surface area contributed by atoms with Crippen LogP contribution in [0.3, 0.4) is 0 Å². The standard InChI is InChI=1S/C9H12N2S/c12-9-4-3-8(7-10-9)11-5-1-2-6-11/h3-4,7H,1-2,5-6H2,(H,10,12). The molecule has 0 aliphatic carbocycles. The number of aromatic amines is 1. The Morgan fingerprint density at radius 3 is 2.58 bits per heavy atom. The van der Waals surface area contributed by atoms with Crippen LogP contribution in [-0.2, 0) is 0 Å². The SMILES string of the molecule is S=c1ccc(N2CCCC2)c[nH]1. The van der Waals surface area contributed by atoms with E-state index in [1.54, 1.807) is 0 Å². The summed E-state index contributed by atoms with van der Waals surface area (Å²) < 4.78 is 0.804. The second-order valence-corrected chi connectivity index (χ2v) is 3.55. The Morgan fingerprint density at radius 1 is 1.25 bits per heavy atom. The van der Waals surface area contributed by atoms with Crippen molar-refractivity contribution >= 4 is 17.9 Å². The molecule has 2 rings (SSSR count). The predicted molar refractivity (Wildman–Crippen MR) is 53.1 cm³/mol. The predicted octanol–water partition coefficient (Wildman–Crippen LogP) is 2.34. The van der Waals surface area contributed by atoms with Gasteiger partial charge in [0.2, 0.25) is 0 Å². The zero-order valence-electron chi connectivity index (χ0n) is 6.92. The number of anilines is 1. The fraction of sp³-hybridized carbons (Fsp3) is 0.444. The van der Waals surface area contributed by atoms with Crippen molar-refractivity contribution in [1.82, 2.24) is 4.98 Å². The van der Waals surface area contributed by atoms with Gasteiger partial charge in [-0.15, -0.1) is 0 Å². The molecule has 1 saturated heterocycles. The molecule has 12 heavy (non-hydrogen) atoms. The molecular weight excluding hydrogens is 168 g/mol. The first-order chi connectivity index (χ1) is 5.86. The maximum atomic E-state index is 4.97. The maximum absolute atomic E-state index is 4.97. The first kappa shape index (κ1) is 7.80. The second-order valence-electron chi connectivity index (χ2n) is 3.11. The Morgan fingerprint density at radius 2 is 2.00 bits per heavy atom. The van der Waals surface area contributed by atoms with Crippen LogP contribution >= 0.6 is 12.2 Å². The van der Waals surface area contributed by atoms with Crippen molar-refractivity contribution in [2.24, 2.45) is 0 Å². The number of rotatable bonds is 1. The molecule has 0 atom stereocenters. The Kier molecular flexibility index (Phi) is 2.13. The highest BCUT2D eigenvalue weighted by Crippen LogP contribution is 2.17. The van der Waals surface area contributed by atoms with Crippen molar-refractivity contribution in [3.63, 3.8) is 0 Å². The molecule has 64 valence electrons. The number of nitrogens with zero attached hydrogens (tertiary/aromatic N) is 1. The average molecular weight is 180 g/mol. The zero-order chi connectivity index (χ0) is 8.39. The molecule has 1 aliphatic rings. The summed E-state index contributed by atoms with van der Waals surface area (Å²) in [6.45, 7) is 2.37. The topological polar surface area (TPSA) is 19.0 Å². The van der Waals surface area contributed by atoms with Gasteiger partial charge in [-0.05, 0) is 25.0 Å². The Hall–Kier alpha value is -0.830. The molecule has 0 saturated carbocycles. The monoisotopic (exact) mass is 180 g/mol. The van der Waals surface area contributed by atoms with Gasteiger partial charge in [-0.25, -0.2) is 0 Å². The van der Waals surface area contributed by atoms with Gasteiger partial charge in [-0.1, -0.05) is 12.2 Å². The lowest BCUT2D eigenvalue weighted by molar-refractivity contribution is 0.949. The van der Waals surface area contributed by atoms with Gasteiger partial charge in [-0.3, -0.25) is 0 Å². The lowest BCUT2D eigenvalue weighted by Crippen LogP contribution is -2.17. The lowest BCUT2D eigenvalue weighted by atomic mass is 10.4. The summed E-state index contributed by atoms with van der Waals surface area (Å²) in [5.41, 5.74) is 1.26. The van der Waals surface area contributed by atoms with Crippen molar-refractivity contribution in [3.8, 4) is 0 Å². The van der Waals surface area contributed by atoms with Crippen LogP contribution in [0.15, 0.2) is 18.3 Å². The van der Waals surface area contributed by atoms with E-state index in [1.807, 2.05) is 12.3 Å². The summed E-state index contributed by atoms with van der Waals surface area (Å²) >= 11 is 4.97. The van der Waals surface area contributed by atoms with Crippen LogP contribution in [0.2, 0.25) is 0 Å². The molecule has 0 bridgehead atoms. The highest BCUT2D eigenvalue weighted by molar-refractivity contribution is 7.71. The minimum atomic E-state index is 0.804. The van der Waals surface area contributed by atoms with Gasteiger partial charge in [0.1, 0.15) is 4.64 Å². The molecule has 0 spiro atoms. The molecule has 1 N–H and O–H groups in total. The fourth-order valence-corrected chi connectivity index (χ4v) is 1.70. The van der Waals surface area contributed by atoms with Gasteiger partial charge < -0.3 is 9.88 Å². The van der Waals surface area contributed by atoms with Gasteiger partial charge >= 0.3 is 0 Å². The number of pyridine rings is 1. The largest absolute Gasteiger partial charge is 0.370 e. The Balaban J connectivity index is 2.22. The molecule has 1 fully saturated rings. The molecule has 2 nitrogen and oxygen atoms in total. The lowest BCUT2D eigenvalue weighted by Gasteiger charge is -2.16. The van der Waals surface area contributed by atoms with Crippen LogP contribution < -0.4 is 4.90 Å². The minimum absolute atomic E-state index is 0.804. The van der Waals surface area contributed by atoms with Gasteiger partial charge in [-0.2, -0.15) is 0 Å². The van der Waals surface area contributed by atoms with E-state index in [4.69, 9.17) is 12.2 Å². The maximum Gasteiger partial charge on any atom is 0.103 e. The van der Waals surface area contributed by atoms with Crippen molar-refractivity contribution in [3.05, 3.63) is 23.0 Å². The van der Waals surface area contributed by atoms with E-state index in [-0.39, 0.29) is 0 Å². The van der Waals surface area contributed by atoms with Crippen LogP contribution in [0, 0.1) is 4.64 Å². The van der Waals surface area contributed by atoms with Gasteiger partial charge in [0.05, 0.1) is 5.69 Å². The summed E-state index contributed by atoms with van der Waals surface area (Å²) in [6, 6.07) is 4.03. The van der Waals surface area contributed by atoms with E-state index in [0.29, 0.717) is 0 Å². The molecule has 0 amide bonds. The van der Waals surface area contributed by atoms with Gasteiger partial charge in [0.15, 0.2) is 0 Å². The molecule has 0 aromatic carbocycles. The number of nitrogens with one attached hydrogen (secondary N) is 1. The first-order valence-electron chi connectivity index (χ1n) is 4.30. The third-order valence-corrected chi connectivity index (χ3v) is 2.49. The molecule has 1 aromatic heterocycles. The van der Waals surface area contributed by atoms with Gasteiger partial charge in [0, 0.05) is 19.3 Å². The summed E-state index contributed by atoms with van der Waals surface area (Å²) in [6.07, 6.45) is 4.62. The van der Waals surface area contributed by atoms with Crippen LogP contribution in [0.25, 0.3) is 0 Å². The minimum Gasteiger partial charge on any atom is -0.370 e. The van der Waals surface area contributed by atoms with Crippen molar-refractivity contribution in [2.75, 3.05) is 18.0 Å². The summed E-state index contributed by atoms with van der Waals surface area (Å²) in [5.74, 6) is 0. The van der Waals surface area contributed by atoms with E-state index in [1.165, 1.54) is 31.6 Å². The Labute approximate surface area is 77.2 Å². The molecule has 1 aromatic rings. The van der Waals surface area contributed by atoms with Crippen molar-refractivity contribution in [2.45, 2.75) is 12.8 Å². The molecule has 0 unspecified atom stereocenters. The summed E-state index contributed by atoms with van der Waals surface area (Å²) in [5, 5.41) is 0. The first-order valence-corrected chi connectivity index (χ1v) is 4.71. The third-order valence-electron chi connectivity index (χ3n) is 2.24. The Bertz CT molecular complexity index is 292. The van der Waals surface area contributed by atoms with Crippen LogP contribution in [0.4, 0.5) is 5.69 Å². The number of aromatic nitrogens is 1. The number of H-pyrrole nitrogens is 1. The van der Waals surface area contributed by atoms with Crippen LogP contribution in [0.1, 0.15) is 12.8 Å². The highest BCUT2D eigenvalue weighted by Gasteiger charge is 2.11. The van der Waals surface area contributed by atoms with E-state index in [2.05, 4.69) is 16.0 Å². The fourth-order valence-electron chi connectivity index (χ4n) is 1.57. The summed E-state index contributed by atoms with van der Waals surface area (Å²) in [4.78, 5) is 5.43. The van der Waals surface area contributed by atoms with E-state index in [9.17, 15) is 0 Å². The van der Waals surface area contributed by atoms with Crippen LogP contribution in [-0.4, -0.2) is 18.1 Å². The zero-order valence-corrected chi connectivity index (χ0v) is 7.73. The van der Waals surface area contributed by atoms with E-state index >= 15 is 0 Å². The summed E-state index contributed by atoms with van der Waals surface area (Å²) in [7, 11) is 0. The quantitative estimate of drug-likeness (QED) is 0.669. The van der Waals surface area contributed by atoms with Crippen molar-refractivity contribution < 1.29 is 0 Å². The highest BCUT2D eigenvalue weighted by atomic mass is 32.1. The molecule has 2 heterocycles. The van der Waals surface area contributed by atoms with Crippen molar-refractivity contribution in [1.29, 1.82) is 0 Å². The number of hydrogen-bond acceptors (Lipinski definition) is 2. The second kappa shape index (κ2) is 3.27. The average Bonchev–Trinajstić information content (AvgIpc) is 2.58. The van der Waals surface area contributed by atoms with E-state index in [0.717, 1.165) is 4.64 Å². The van der Waals surface area contributed by atoms with Gasteiger partial charge in [0.25, 0.3) is 0 Å². The molecular formula is C9H12N2S. The van der Waals surface area contributed by atoms with Crippen LogP contribution in [0.5, 0.6) is 0 Å². The molecule has 0 radical (unpaired) electrons. The third kappa shape index (κ3) is 1.50. The molecule has 1 aliphatic heterocycles. The van der Waals surface area contributed by atoms with E-state index < -0.39 is 0 Å². The smallest absolute Gasteiger partial charge is 0.103 e. The molecule has 3 heteroatoms. The number of hydrogen-bond donors (Lipinski definition) is 1. The normalized spacial score (nSPS) is 16.8.